The number of rotatable bonds is 3. The first-order chi connectivity index (χ1) is 10.3. The monoisotopic (exact) mass is 281 g/mol. The first kappa shape index (κ1) is 13.8. The minimum absolute atomic E-state index is 0.118. The molecule has 108 valence electrons. The van der Waals surface area contributed by atoms with Gasteiger partial charge in [-0.2, -0.15) is 0 Å². The van der Waals surface area contributed by atoms with Crippen LogP contribution in [0.5, 0.6) is 0 Å². The van der Waals surface area contributed by atoms with Gasteiger partial charge in [-0.25, -0.2) is 0 Å². The summed E-state index contributed by atoms with van der Waals surface area (Å²) in [6.45, 7) is 2.28. The Morgan fingerprint density at radius 2 is 2.05 bits per heavy atom. The lowest BCUT2D eigenvalue weighted by atomic mass is 9.85. The lowest BCUT2D eigenvalue weighted by Crippen LogP contribution is -2.21. The van der Waals surface area contributed by atoms with Crippen LogP contribution < -0.4 is 0 Å². The number of aryl methyl sites for hydroxylation is 1. The van der Waals surface area contributed by atoms with Gasteiger partial charge >= 0.3 is 5.97 Å². The van der Waals surface area contributed by atoms with Gasteiger partial charge in [-0.3, -0.25) is 9.78 Å². The van der Waals surface area contributed by atoms with Crippen LogP contribution in [-0.2, 0) is 16.0 Å². The van der Waals surface area contributed by atoms with Crippen LogP contribution in [0, 0.1) is 0 Å². The Morgan fingerprint density at radius 3 is 2.81 bits per heavy atom. The number of hydrogen-bond donors (Lipinski definition) is 0. The van der Waals surface area contributed by atoms with Gasteiger partial charge in [-0.1, -0.05) is 36.4 Å². The molecule has 1 aromatic heterocycles. The maximum Gasteiger partial charge on any atom is 0.313 e. The molecular weight excluding hydrogens is 262 g/mol. The van der Waals surface area contributed by atoms with E-state index < -0.39 is 0 Å². The SMILES string of the molecule is CCOC(=O)C1CCCc2nc(-c3ccccc3)ccc21. The van der Waals surface area contributed by atoms with E-state index in [9.17, 15) is 4.79 Å². The summed E-state index contributed by atoms with van der Waals surface area (Å²) < 4.78 is 5.19. The standard InChI is InChI=1S/C18H19NO2/c1-2-21-18(20)15-9-6-10-17-14(15)11-12-16(19-17)13-7-4-3-5-8-13/h3-5,7-8,11-12,15H,2,6,9-10H2,1H3. The zero-order chi connectivity index (χ0) is 14.7. The van der Waals surface area contributed by atoms with Gasteiger partial charge in [0, 0.05) is 11.3 Å². The van der Waals surface area contributed by atoms with Crippen molar-refractivity contribution in [1.82, 2.24) is 4.98 Å². The van der Waals surface area contributed by atoms with Crippen molar-refractivity contribution in [2.24, 2.45) is 0 Å². The molecule has 0 aliphatic heterocycles. The van der Waals surface area contributed by atoms with E-state index in [2.05, 4.69) is 12.1 Å². The number of fused-ring (bicyclic) bond motifs is 1. The molecule has 1 aromatic carbocycles. The molecule has 0 saturated carbocycles. The zero-order valence-electron chi connectivity index (χ0n) is 12.2. The van der Waals surface area contributed by atoms with E-state index in [0.717, 1.165) is 41.8 Å². The second-order valence-electron chi connectivity index (χ2n) is 5.30. The molecule has 21 heavy (non-hydrogen) atoms. The Bertz CT molecular complexity index is 637. The minimum atomic E-state index is -0.147. The van der Waals surface area contributed by atoms with Crippen LogP contribution in [-0.4, -0.2) is 17.6 Å². The fraction of sp³-hybridized carbons (Fsp3) is 0.333. The van der Waals surface area contributed by atoms with E-state index in [1.807, 2.05) is 37.3 Å². The van der Waals surface area contributed by atoms with Gasteiger partial charge < -0.3 is 4.74 Å². The molecule has 3 heteroatoms. The second-order valence-corrected chi connectivity index (χ2v) is 5.30. The molecule has 1 aliphatic carbocycles. The maximum atomic E-state index is 12.1. The number of esters is 1. The lowest BCUT2D eigenvalue weighted by Gasteiger charge is -2.23. The van der Waals surface area contributed by atoms with Gasteiger partial charge in [0.05, 0.1) is 18.2 Å². The fourth-order valence-corrected chi connectivity index (χ4v) is 2.92. The number of ether oxygens (including phenoxy) is 1. The summed E-state index contributed by atoms with van der Waals surface area (Å²) in [6, 6.07) is 14.2. The molecule has 1 heterocycles. The molecule has 0 saturated heterocycles. The molecule has 0 amide bonds. The molecule has 0 spiro atoms. The average Bonchev–Trinajstić information content (AvgIpc) is 2.55. The third-order valence-corrected chi connectivity index (χ3v) is 3.93. The van der Waals surface area contributed by atoms with Crippen molar-refractivity contribution < 1.29 is 9.53 Å². The number of nitrogens with zero attached hydrogens (tertiary/aromatic N) is 1. The Kier molecular flexibility index (Phi) is 4.00. The van der Waals surface area contributed by atoms with Crippen LogP contribution in [0.1, 0.15) is 36.9 Å². The highest BCUT2D eigenvalue weighted by Gasteiger charge is 2.28. The first-order valence-electron chi connectivity index (χ1n) is 7.51. The summed E-state index contributed by atoms with van der Waals surface area (Å²) in [4.78, 5) is 16.8. The largest absolute Gasteiger partial charge is 0.466 e. The van der Waals surface area contributed by atoms with Gasteiger partial charge in [-0.15, -0.1) is 0 Å². The molecule has 0 N–H and O–H groups in total. The van der Waals surface area contributed by atoms with E-state index >= 15 is 0 Å². The average molecular weight is 281 g/mol. The van der Waals surface area contributed by atoms with Crippen LogP contribution in [0.25, 0.3) is 11.3 Å². The third kappa shape index (κ3) is 2.82. The highest BCUT2D eigenvalue weighted by Crippen LogP contribution is 2.33. The molecule has 0 bridgehead atoms. The Morgan fingerprint density at radius 1 is 1.24 bits per heavy atom. The molecule has 0 radical (unpaired) electrons. The summed E-state index contributed by atoms with van der Waals surface area (Å²) in [5.74, 6) is -0.265. The maximum absolute atomic E-state index is 12.1. The van der Waals surface area contributed by atoms with Crippen LogP contribution in [0.3, 0.4) is 0 Å². The van der Waals surface area contributed by atoms with E-state index in [0.29, 0.717) is 6.61 Å². The number of benzene rings is 1. The van der Waals surface area contributed by atoms with Gasteiger partial charge in [0.2, 0.25) is 0 Å². The molecule has 1 unspecified atom stereocenters. The van der Waals surface area contributed by atoms with Crippen molar-refractivity contribution >= 4 is 5.97 Å². The summed E-state index contributed by atoms with van der Waals surface area (Å²) in [5, 5.41) is 0. The van der Waals surface area contributed by atoms with Gasteiger partial charge in [0.25, 0.3) is 0 Å². The topological polar surface area (TPSA) is 39.2 Å². The van der Waals surface area contributed by atoms with Gasteiger partial charge in [-0.05, 0) is 37.8 Å². The number of pyridine rings is 1. The van der Waals surface area contributed by atoms with Gasteiger partial charge in [0.15, 0.2) is 0 Å². The predicted octanol–water partition coefficient (Wildman–Crippen LogP) is 3.73. The van der Waals surface area contributed by atoms with Crippen molar-refractivity contribution in [3.8, 4) is 11.3 Å². The number of hydrogen-bond acceptors (Lipinski definition) is 3. The van der Waals surface area contributed by atoms with E-state index in [4.69, 9.17) is 9.72 Å². The van der Waals surface area contributed by atoms with Crippen molar-refractivity contribution in [1.29, 1.82) is 0 Å². The highest BCUT2D eigenvalue weighted by atomic mass is 16.5. The third-order valence-electron chi connectivity index (χ3n) is 3.93. The van der Waals surface area contributed by atoms with E-state index in [1.165, 1.54) is 0 Å². The van der Waals surface area contributed by atoms with Crippen molar-refractivity contribution in [2.45, 2.75) is 32.1 Å². The number of carbonyl (C=O) groups is 1. The van der Waals surface area contributed by atoms with Crippen LogP contribution in [0.4, 0.5) is 0 Å². The highest BCUT2D eigenvalue weighted by molar-refractivity contribution is 5.79. The Balaban J connectivity index is 1.94. The molecule has 0 fully saturated rings. The van der Waals surface area contributed by atoms with E-state index in [-0.39, 0.29) is 11.9 Å². The first-order valence-corrected chi connectivity index (χ1v) is 7.51. The smallest absolute Gasteiger partial charge is 0.313 e. The van der Waals surface area contributed by atoms with Crippen molar-refractivity contribution in [3.05, 3.63) is 53.7 Å². The molecule has 2 aromatic rings. The summed E-state index contributed by atoms with van der Waals surface area (Å²) in [7, 11) is 0. The second kappa shape index (κ2) is 6.08. The summed E-state index contributed by atoms with van der Waals surface area (Å²) in [6.07, 6.45) is 2.78. The molecule has 1 atom stereocenters. The lowest BCUT2D eigenvalue weighted by molar-refractivity contribution is -0.145. The Hall–Kier alpha value is -2.16. The molecule has 3 nitrogen and oxygen atoms in total. The number of aromatic nitrogens is 1. The predicted molar refractivity (Wildman–Crippen MR) is 82.0 cm³/mol. The van der Waals surface area contributed by atoms with Crippen LogP contribution in [0.15, 0.2) is 42.5 Å². The minimum Gasteiger partial charge on any atom is -0.466 e. The van der Waals surface area contributed by atoms with Crippen LogP contribution >= 0.6 is 0 Å². The summed E-state index contributed by atoms with van der Waals surface area (Å²) >= 11 is 0. The summed E-state index contributed by atoms with van der Waals surface area (Å²) in [5.41, 5.74) is 4.16. The fourth-order valence-electron chi connectivity index (χ4n) is 2.92. The quantitative estimate of drug-likeness (QED) is 0.805. The van der Waals surface area contributed by atoms with Gasteiger partial charge in [0.1, 0.15) is 0 Å². The van der Waals surface area contributed by atoms with Crippen molar-refractivity contribution in [3.63, 3.8) is 0 Å². The molecule has 1 aliphatic rings. The van der Waals surface area contributed by atoms with E-state index in [1.54, 1.807) is 0 Å². The normalized spacial score (nSPS) is 17.1. The van der Waals surface area contributed by atoms with Crippen molar-refractivity contribution in [2.75, 3.05) is 6.61 Å². The molecular formula is C18H19NO2. The Labute approximate surface area is 125 Å². The number of carbonyl (C=O) groups excluding carboxylic acids is 1. The van der Waals surface area contributed by atoms with Crippen LogP contribution in [0.2, 0.25) is 0 Å². The zero-order valence-corrected chi connectivity index (χ0v) is 12.2. The molecule has 3 rings (SSSR count).